The van der Waals surface area contributed by atoms with Gasteiger partial charge in [-0.25, -0.2) is 13.2 Å². The number of rotatable bonds is 6. The monoisotopic (exact) mass is 478 g/mol. The molecule has 2 N–H and O–H groups in total. The molecule has 9 heteroatoms. The lowest BCUT2D eigenvalue weighted by Crippen LogP contribution is -2.55. The van der Waals surface area contributed by atoms with Gasteiger partial charge in [-0.1, -0.05) is 12.1 Å². The summed E-state index contributed by atoms with van der Waals surface area (Å²) < 4.78 is 52.5. The van der Waals surface area contributed by atoms with Gasteiger partial charge in [0.05, 0.1) is 37.9 Å². The van der Waals surface area contributed by atoms with Crippen LogP contribution >= 0.6 is 0 Å². The lowest BCUT2D eigenvalue weighted by atomic mass is 9.94. The molecule has 0 bridgehead atoms. The number of nitrogens with one attached hydrogen (secondary N) is 1. The zero-order valence-corrected chi connectivity index (χ0v) is 18.8. The summed E-state index contributed by atoms with van der Waals surface area (Å²) in [6, 6.07) is 9.33. The lowest BCUT2D eigenvalue weighted by molar-refractivity contribution is -0.158. The molecule has 2 saturated heterocycles. The molecule has 4 rings (SSSR count). The number of amides is 1. The van der Waals surface area contributed by atoms with Gasteiger partial charge in [-0.3, -0.25) is 9.69 Å². The van der Waals surface area contributed by atoms with Crippen molar-refractivity contribution >= 4 is 5.91 Å². The molecule has 2 aliphatic heterocycles. The second-order valence-electron chi connectivity index (χ2n) is 8.95. The van der Waals surface area contributed by atoms with Crippen LogP contribution in [0.2, 0.25) is 0 Å². The van der Waals surface area contributed by atoms with Gasteiger partial charge in [0.2, 0.25) is 5.91 Å². The summed E-state index contributed by atoms with van der Waals surface area (Å²) in [5.74, 6) is -1.84. The van der Waals surface area contributed by atoms with Crippen LogP contribution in [0.3, 0.4) is 0 Å². The van der Waals surface area contributed by atoms with E-state index < -0.39 is 17.7 Å². The predicted molar refractivity (Wildman–Crippen MR) is 118 cm³/mol. The molecule has 2 aliphatic rings. The average molecular weight is 479 g/mol. The summed E-state index contributed by atoms with van der Waals surface area (Å²) >= 11 is 0. The zero-order valence-electron chi connectivity index (χ0n) is 18.8. The highest BCUT2D eigenvalue weighted by atomic mass is 19.1. The number of halogens is 3. The maximum absolute atomic E-state index is 13.7. The normalized spacial score (nSPS) is 25.8. The summed E-state index contributed by atoms with van der Waals surface area (Å²) in [5.41, 5.74) is 1.15. The number of hydrogen-bond donors (Lipinski definition) is 2. The van der Waals surface area contributed by atoms with Crippen molar-refractivity contribution in [3.63, 3.8) is 0 Å². The van der Waals surface area contributed by atoms with Gasteiger partial charge in [0.25, 0.3) is 0 Å². The first-order chi connectivity index (χ1) is 16.4. The molecule has 0 spiro atoms. The van der Waals surface area contributed by atoms with Gasteiger partial charge in [0, 0.05) is 31.7 Å². The van der Waals surface area contributed by atoms with Gasteiger partial charge in [-0.05, 0) is 48.2 Å². The zero-order chi connectivity index (χ0) is 24.1. The Balaban J connectivity index is 1.36. The van der Waals surface area contributed by atoms with E-state index in [2.05, 4.69) is 5.32 Å². The van der Waals surface area contributed by atoms with Gasteiger partial charge in [0.15, 0.2) is 0 Å². The molecular weight excluding hydrogens is 449 g/mol. The summed E-state index contributed by atoms with van der Waals surface area (Å²) in [6.45, 7) is 1.14. The largest absolute Gasteiger partial charge is 0.389 e. The van der Waals surface area contributed by atoms with Gasteiger partial charge in [-0.2, -0.15) is 0 Å². The van der Waals surface area contributed by atoms with Crippen molar-refractivity contribution in [2.45, 2.75) is 56.7 Å². The maximum atomic E-state index is 13.7. The summed E-state index contributed by atoms with van der Waals surface area (Å²) in [5, 5.41) is 13.1. The molecule has 0 aromatic heterocycles. The van der Waals surface area contributed by atoms with Crippen molar-refractivity contribution in [1.82, 2.24) is 10.2 Å². The first kappa shape index (κ1) is 24.7. The van der Waals surface area contributed by atoms with Crippen LogP contribution in [0.1, 0.15) is 30.4 Å². The highest BCUT2D eigenvalue weighted by Crippen LogP contribution is 2.29. The summed E-state index contributed by atoms with van der Waals surface area (Å²) in [6.07, 6.45) is 0.0662. The molecule has 2 heterocycles. The van der Waals surface area contributed by atoms with Crippen LogP contribution in [0, 0.1) is 17.5 Å². The van der Waals surface area contributed by atoms with Gasteiger partial charge in [0.1, 0.15) is 17.5 Å². The molecule has 184 valence electrons. The third kappa shape index (κ3) is 6.79. The highest BCUT2D eigenvalue weighted by molar-refractivity contribution is 5.76. The Bertz CT molecular complexity index is 972. The first-order valence-electron chi connectivity index (χ1n) is 11.5. The van der Waals surface area contributed by atoms with Gasteiger partial charge >= 0.3 is 0 Å². The molecule has 1 amide bonds. The average Bonchev–Trinajstić information content (AvgIpc) is 2.76. The first-order valence-corrected chi connectivity index (χ1v) is 11.5. The van der Waals surface area contributed by atoms with Crippen LogP contribution in [0.15, 0.2) is 42.5 Å². The second-order valence-corrected chi connectivity index (χ2v) is 8.95. The Morgan fingerprint density at radius 2 is 1.79 bits per heavy atom. The van der Waals surface area contributed by atoms with E-state index in [1.807, 2.05) is 4.90 Å². The lowest BCUT2D eigenvalue weighted by Gasteiger charge is -2.44. The van der Waals surface area contributed by atoms with Crippen molar-refractivity contribution in [3.8, 4) is 0 Å². The van der Waals surface area contributed by atoms with E-state index in [4.69, 9.17) is 9.47 Å². The quantitative estimate of drug-likeness (QED) is 0.668. The smallest absolute Gasteiger partial charge is 0.222 e. The van der Waals surface area contributed by atoms with Gasteiger partial charge < -0.3 is 19.9 Å². The number of hydrogen-bond acceptors (Lipinski definition) is 5. The van der Waals surface area contributed by atoms with Gasteiger partial charge in [-0.15, -0.1) is 0 Å². The van der Waals surface area contributed by atoms with Crippen LogP contribution in [-0.4, -0.2) is 60.0 Å². The van der Waals surface area contributed by atoms with Crippen molar-refractivity contribution in [3.05, 3.63) is 71.0 Å². The Morgan fingerprint density at radius 1 is 1.03 bits per heavy atom. The fourth-order valence-electron chi connectivity index (χ4n) is 4.69. The van der Waals surface area contributed by atoms with Crippen LogP contribution in [0.25, 0.3) is 0 Å². The minimum atomic E-state index is -0.731. The van der Waals surface area contributed by atoms with E-state index in [-0.39, 0.29) is 69.2 Å². The minimum Gasteiger partial charge on any atom is -0.389 e. The van der Waals surface area contributed by atoms with Crippen molar-refractivity contribution in [2.75, 3.05) is 19.8 Å². The number of β-amino-alcohol motifs (C(OH)–C–C–N with tert-alkyl or cyclic N) is 1. The van der Waals surface area contributed by atoms with Crippen molar-refractivity contribution in [1.29, 1.82) is 0 Å². The van der Waals surface area contributed by atoms with Crippen molar-refractivity contribution < 1.29 is 32.5 Å². The number of benzene rings is 2. The molecule has 0 radical (unpaired) electrons. The van der Waals surface area contributed by atoms with E-state index in [9.17, 15) is 23.1 Å². The second kappa shape index (κ2) is 11.3. The van der Waals surface area contributed by atoms with Crippen LogP contribution in [-0.2, 0) is 27.4 Å². The Hall–Kier alpha value is -2.46. The topological polar surface area (TPSA) is 71.0 Å². The third-order valence-corrected chi connectivity index (χ3v) is 6.19. The maximum Gasteiger partial charge on any atom is 0.222 e. The van der Waals surface area contributed by atoms with E-state index in [1.54, 1.807) is 12.1 Å². The molecule has 2 aromatic rings. The Morgan fingerprint density at radius 3 is 2.56 bits per heavy atom. The molecule has 34 heavy (non-hydrogen) atoms. The number of ether oxygens (including phenoxy) is 2. The number of carbonyl (C=O) groups excluding carboxylic acids is 1. The fraction of sp³-hybridized carbons (Fsp3) is 0.480. The van der Waals surface area contributed by atoms with Crippen molar-refractivity contribution in [2.24, 2.45) is 0 Å². The molecule has 2 aromatic carbocycles. The molecule has 0 unspecified atom stereocenters. The van der Waals surface area contributed by atoms with Crippen LogP contribution in [0.4, 0.5) is 13.2 Å². The van der Waals surface area contributed by atoms with Crippen LogP contribution < -0.4 is 5.32 Å². The molecular formula is C25H29F3N2O4. The minimum absolute atomic E-state index is 0.124. The van der Waals surface area contributed by atoms with E-state index in [0.29, 0.717) is 24.0 Å². The molecule has 4 atom stereocenters. The number of nitrogens with zero attached hydrogens (tertiary/aromatic N) is 1. The SMILES string of the molecule is O=C(C[C@H]1CC[C@@H]2[C@H](COC[C@@H](O)CN2Cc2cc(F)cc(F)c2)O1)NCc1cccc(F)c1. The highest BCUT2D eigenvalue weighted by Gasteiger charge is 2.38. The standard InChI is InChI=1S/C25H29F3N2O4/c26-18-3-1-2-16(6-18)11-29-25(32)10-22-4-5-23-24(34-22)15-33-14-21(31)13-30(23)12-17-7-19(27)9-20(28)8-17/h1-3,6-9,21-24,31H,4-5,10-15H2,(H,29,32)/t21-,22+,23+,24-/m0/s1. The molecule has 2 fully saturated rings. The molecule has 0 aliphatic carbocycles. The van der Waals surface area contributed by atoms with E-state index in [1.165, 1.54) is 24.3 Å². The fourth-order valence-corrected chi connectivity index (χ4v) is 4.69. The van der Waals surface area contributed by atoms with Crippen LogP contribution in [0.5, 0.6) is 0 Å². The predicted octanol–water partition coefficient (Wildman–Crippen LogP) is 2.92. The summed E-state index contributed by atoms with van der Waals surface area (Å²) in [7, 11) is 0. The molecule has 6 nitrogen and oxygen atoms in total. The number of carbonyl (C=O) groups is 1. The van der Waals surface area contributed by atoms with E-state index >= 15 is 0 Å². The molecule has 0 saturated carbocycles. The Labute approximate surface area is 196 Å². The number of fused-ring (bicyclic) bond motifs is 1. The van der Waals surface area contributed by atoms with E-state index in [0.717, 1.165) is 6.07 Å². The summed E-state index contributed by atoms with van der Waals surface area (Å²) in [4.78, 5) is 14.4. The number of aliphatic hydroxyl groups is 1. The Kier molecular flexibility index (Phi) is 8.20. The number of aliphatic hydroxyl groups excluding tert-OH is 1. The third-order valence-electron chi connectivity index (χ3n) is 6.19.